The molecule has 1 aliphatic rings. The van der Waals surface area contributed by atoms with Crippen molar-refractivity contribution in [2.45, 2.75) is 31.7 Å². The van der Waals surface area contributed by atoms with Crippen molar-refractivity contribution in [3.63, 3.8) is 0 Å². The summed E-state index contributed by atoms with van der Waals surface area (Å²) in [6.07, 6.45) is 3.63. The molecule has 0 aliphatic heterocycles. The molecule has 3 N–H and O–H groups in total. The van der Waals surface area contributed by atoms with Crippen molar-refractivity contribution >= 4 is 16.9 Å². The molecule has 4 rings (SSSR count). The molecule has 0 fully saturated rings. The third kappa shape index (κ3) is 3.92. The van der Waals surface area contributed by atoms with Gasteiger partial charge in [-0.1, -0.05) is 30.3 Å². The Morgan fingerprint density at radius 3 is 2.81 bits per heavy atom. The number of methoxy groups -OCH3 is 1. The second-order valence-electron chi connectivity index (χ2n) is 7.07. The molecule has 2 amide bonds. The van der Waals surface area contributed by atoms with Crippen LogP contribution < -0.4 is 15.4 Å². The molecule has 27 heavy (non-hydrogen) atoms. The molecule has 2 aromatic carbocycles. The summed E-state index contributed by atoms with van der Waals surface area (Å²) in [6.45, 7) is 0.614. The first-order valence-corrected chi connectivity index (χ1v) is 9.48. The number of benzene rings is 2. The maximum Gasteiger partial charge on any atom is 0.315 e. The number of para-hydroxylation sites is 1. The van der Waals surface area contributed by atoms with E-state index in [1.54, 1.807) is 7.11 Å². The fraction of sp³-hybridized carbons (Fsp3) is 0.318. The van der Waals surface area contributed by atoms with Crippen LogP contribution in [0.2, 0.25) is 0 Å². The fourth-order valence-electron chi connectivity index (χ4n) is 3.85. The minimum Gasteiger partial charge on any atom is -0.497 e. The topological polar surface area (TPSA) is 66.2 Å². The number of urea groups is 1. The van der Waals surface area contributed by atoms with Crippen molar-refractivity contribution in [2.75, 3.05) is 13.7 Å². The van der Waals surface area contributed by atoms with Crippen LogP contribution in [-0.4, -0.2) is 30.7 Å². The average molecular weight is 363 g/mol. The van der Waals surface area contributed by atoms with E-state index in [2.05, 4.69) is 39.9 Å². The van der Waals surface area contributed by atoms with Gasteiger partial charge in [0.15, 0.2) is 0 Å². The van der Waals surface area contributed by atoms with E-state index in [1.165, 1.54) is 27.7 Å². The number of hydrogen-bond acceptors (Lipinski definition) is 2. The smallest absolute Gasteiger partial charge is 0.315 e. The first kappa shape index (κ1) is 17.5. The van der Waals surface area contributed by atoms with Crippen molar-refractivity contribution in [3.05, 3.63) is 65.4 Å². The van der Waals surface area contributed by atoms with Gasteiger partial charge in [0.25, 0.3) is 0 Å². The Kier molecular flexibility index (Phi) is 5.01. The van der Waals surface area contributed by atoms with E-state index >= 15 is 0 Å². The number of aromatic nitrogens is 1. The third-order valence-corrected chi connectivity index (χ3v) is 5.29. The molecule has 0 bridgehead atoms. The zero-order valence-electron chi connectivity index (χ0n) is 15.5. The lowest BCUT2D eigenvalue weighted by Gasteiger charge is -2.23. The Bertz CT molecular complexity index is 930. The molecule has 5 heteroatoms. The number of amides is 2. The zero-order chi connectivity index (χ0) is 18.6. The van der Waals surface area contributed by atoms with Gasteiger partial charge in [-0.15, -0.1) is 0 Å². The first-order valence-electron chi connectivity index (χ1n) is 9.48. The first-order chi connectivity index (χ1) is 13.2. The van der Waals surface area contributed by atoms with Crippen molar-refractivity contribution < 1.29 is 9.53 Å². The molecular weight excluding hydrogens is 338 g/mol. The van der Waals surface area contributed by atoms with Crippen molar-refractivity contribution in [1.82, 2.24) is 15.6 Å². The van der Waals surface area contributed by atoms with Gasteiger partial charge >= 0.3 is 6.03 Å². The zero-order valence-corrected chi connectivity index (χ0v) is 15.5. The summed E-state index contributed by atoms with van der Waals surface area (Å²) in [7, 11) is 1.66. The van der Waals surface area contributed by atoms with Crippen LogP contribution in [0.1, 0.15) is 23.2 Å². The van der Waals surface area contributed by atoms with Crippen LogP contribution in [0.4, 0.5) is 4.79 Å². The van der Waals surface area contributed by atoms with Crippen LogP contribution in [0.25, 0.3) is 10.9 Å². The van der Waals surface area contributed by atoms with E-state index in [0.29, 0.717) is 6.54 Å². The van der Waals surface area contributed by atoms with Gasteiger partial charge in [-0.05, 0) is 48.6 Å². The average Bonchev–Trinajstić information content (AvgIpc) is 3.06. The predicted molar refractivity (Wildman–Crippen MR) is 107 cm³/mol. The summed E-state index contributed by atoms with van der Waals surface area (Å²) >= 11 is 0. The molecule has 5 nitrogen and oxygen atoms in total. The van der Waals surface area contributed by atoms with Crippen LogP contribution in [0.15, 0.2) is 48.5 Å². The Morgan fingerprint density at radius 2 is 2.00 bits per heavy atom. The second-order valence-corrected chi connectivity index (χ2v) is 7.07. The highest BCUT2D eigenvalue weighted by atomic mass is 16.5. The van der Waals surface area contributed by atoms with Gasteiger partial charge < -0.3 is 20.4 Å². The summed E-state index contributed by atoms with van der Waals surface area (Å²) in [5, 5.41) is 7.40. The Hall–Kier alpha value is -2.95. The van der Waals surface area contributed by atoms with Crippen LogP contribution >= 0.6 is 0 Å². The minimum absolute atomic E-state index is 0.0897. The number of carbonyl (C=O) groups is 1. The molecule has 0 saturated carbocycles. The summed E-state index contributed by atoms with van der Waals surface area (Å²) in [4.78, 5) is 15.7. The lowest BCUT2D eigenvalue weighted by Crippen LogP contribution is -2.45. The highest BCUT2D eigenvalue weighted by Gasteiger charge is 2.23. The molecule has 1 atom stereocenters. The number of rotatable bonds is 5. The largest absolute Gasteiger partial charge is 0.497 e. The molecule has 0 spiro atoms. The molecular formula is C22H25N3O2. The SMILES string of the molecule is COc1ccc(CCNC(=O)NC2CCc3c([nH]c4ccccc34)C2)cc1. The van der Waals surface area contributed by atoms with Crippen LogP contribution in [0.5, 0.6) is 5.75 Å². The number of H-pyrrole nitrogens is 1. The molecule has 1 unspecified atom stereocenters. The summed E-state index contributed by atoms with van der Waals surface area (Å²) < 4.78 is 5.16. The summed E-state index contributed by atoms with van der Waals surface area (Å²) in [5.74, 6) is 0.845. The molecule has 0 radical (unpaired) electrons. The van der Waals surface area contributed by atoms with E-state index in [-0.39, 0.29) is 12.1 Å². The van der Waals surface area contributed by atoms with Gasteiger partial charge in [0.2, 0.25) is 0 Å². The normalized spacial score (nSPS) is 16.0. The molecule has 1 aliphatic carbocycles. The number of carbonyl (C=O) groups excluding carboxylic acids is 1. The molecule has 1 heterocycles. The standard InChI is InChI=1S/C22H25N3O2/c1-27-17-9-6-15(7-10-17)12-13-23-22(26)24-16-8-11-19-18-4-2-3-5-20(18)25-21(19)14-16/h2-7,9-10,16,25H,8,11-14H2,1H3,(H2,23,24,26). The van der Waals surface area contributed by atoms with Gasteiger partial charge in [-0.25, -0.2) is 4.79 Å². The number of aromatic amines is 1. The minimum atomic E-state index is -0.0897. The van der Waals surface area contributed by atoms with E-state index in [9.17, 15) is 4.79 Å². The molecule has 3 aromatic rings. The van der Waals surface area contributed by atoms with Gasteiger partial charge in [0.05, 0.1) is 7.11 Å². The highest BCUT2D eigenvalue weighted by molar-refractivity contribution is 5.85. The second kappa shape index (κ2) is 7.74. The maximum atomic E-state index is 12.2. The number of aryl methyl sites for hydroxylation is 1. The predicted octanol–water partition coefficient (Wildman–Crippen LogP) is 3.58. The van der Waals surface area contributed by atoms with Gasteiger partial charge in [0.1, 0.15) is 5.75 Å². The van der Waals surface area contributed by atoms with Crippen LogP contribution in [0.3, 0.4) is 0 Å². The Balaban J connectivity index is 1.27. The van der Waals surface area contributed by atoms with Gasteiger partial charge in [0, 0.05) is 35.6 Å². The molecule has 0 saturated heterocycles. The molecule has 140 valence electrons. The van der Waals surface area contributed by atoms with Crippen molar-refractivity contribution in [1.29, 1.82) is 0 Å². The molecule has 1 aromatic heterocycles. The Morgan fingerprint density at radius 1 is 1.19 bits per heavy atom. The summed E-state index contributed by atoms with van der Waals surface area (Å²) in [6, 6.07) is 16.4. The number of hydrogen-bond donors (Lipinski definition) is 3. The quantitative estimate of drug-likeness (QED) is 0.649. The Labute approximate surface area is 159 Å². The van der Waals surface area contributed by atoms with Crippen LogP contribution in [0, 0.1) is 0 Å². The fourth-order valence-corrected chi connectivity index (χ4v) is 3.85. The van der Waals surface area contributed by atoms with E-state index in [0.717, 1.165) is 31.4 Å². The monoisotopic (exact) mass is 363 g/mol. The number of fused-ring (bicyclic) bond motifs is 3. The lowest BCUT2D eigenvalue weighted by molar-refractivity contribution is 0.235. The summed E-state index contributed by atoms with van der Waals surface area (Å²) in [5.41, 5.74) is 5.03. The van der Waals surface area contributed by atoms with E-state index in [4.69, 9.17) is 4.74 Å². The number of nitrogens with one attached hydrogen (secondary N) is 3. The lowest BCUT2D eigenvalue weighted by atomic mass is 9.92. The van der Waals surface area contributed by atoms with Gasteiger partial charge in [-0.2, -0.15) is 0 Å². The highest BCUT2D eigenvalue weighted by Crippen LogP contribution is 2.28. The van der Waals surface area contributed by atoms with Gasteiger partial charge in [-0.3, -0.25) is 0 Å². The third-order valence-electron chi connectivity index (χ3n) is 5.29. The van der Waals surface area contributed by atoms with E-state index in [1.807, 2.05) is 24.3 Å². The van der Waals surface area contributed by atoms with Crippen LogP contribution in [-0.2, 0) is 19.3 Å². The number of ether oxygens (including phenoxy) is 1. The van der Waals surface area contributed by atoms with E-state index < -0.39 is 0 Å². The van der Waals surface area contributed by atoms with Crippen molar-refractivity contribution in [3.8, 4) is 5.75 Å². The maximum absolute atomic E-state index is 12.2. The van der Waals surface area contributed by atoms with Crippen molar-refractivity contribution in [2.24, 2.45) is 0 Å².